The van der Waals surface area contributed by atoms with E-state index in [1.165, 1.54) is 11.1 Å². The van der Waals surface area contributed by atoms with E-state index < -0.39 is 0 Å². The Kier molecular flexibility index (Phi) is 6.95. The van der Waals surface area contributed by atoms with Gasteiger partial charge in [0, 0.05) is 32.8 Å². The van der Waals surface area contributed by atoms with Crippen molar-refractivity contribution in [2.24, 2.45) is 0 Å². The number of benzene rings is 2. The second kappa shape index (κ2) is 9.29. The largest absolute Gasteiger partial charge is 0.383 e. The topological polar surface area (TPSA) is 33.3 Å². The summed E-state index contributed by atoms with van der Waals surface area (Å²) in [6.07, 6.45) is 0. The van der Waals surface area contributed by atoms with Crippen LogP contribution in [0, 0.1) is 0 Å². The third-order valence-corrected chi connectivity index (χ3v) is 3.37. The summed E-state index contributed by atoms with van der Waals surface area (Å²) in [5.41, 5.74) is 2.60. The first-order chi connectivity index (χ1) is 10.4. The Morgan fingerprint density at radius 1 is 0.857 bits per heavy atom. The maximum atomic E-state index is 5.29. The Hall–Kier alpha value is -1.68. The van der Waals surface area contributed by atoms with Gasteiger partial charge in [0.25, 0.3) is 0 Å². The van der Waals surface area contributed by atoms with Crippen LogP contribution in [-0.4, -0.2) is 26.3 Å². The molecular weight excluding hydrogens is 260 g/mol. The van der Waals surface area contributed by atoms with Gasteiger partial charge in [-0.3, -0.25) is 0 Å². The molecule has 0 radical (unpaired) electrons. The van der Waals surface area contributed by atoms with Crippen LogP contribution in [0.3, 0.4) is 0 Å². The van der Waals surface area contributed by atoms with Gasteiger partial charge in [-0.2, -0.15) is 0 Å². The number of methoxy groups -OCH3 is 1. The second-order valence-corrected chi connectivity index (χ2v) is 5.14. The van der Waals surface area contributed by atoms with Crippen molar-refractivity contribution >= 4 is 0 Å². The normalized spacial score (nSPS) is 12.2. The average Bonchev–Trinajstić information content (AvgIpc) is 2.54. The molecule has 2 aromatic carbocycles. The van der Waals surface area contributed by atoms with Crippen LogP contribution in [0.2, 0.25) is 0 Å². The van der Waals surface area contributed by atoms with Gasteiger partial charge in [0.05, 0.1) is 6.61 Å². The third-order valence-electron chi connectivity index (χ3n) is 3.37. The minimum atomic E-state index is 0.305. The highest BCUT2D eigenvalue weighted by Crippen LogP contribution is 2.00. The average molecular weight is 284 g/mol. The highest BCUT2D eigenvalue weighted by molar-refractivity contribution is 5.15. The minimum Gasteiger partial charge on any atom is -0.383 e. The standard InChI is InChI=1S/C18H24N2O/c1-21-15-18(20-13-17-10-6-3-7-11-17)14-19-12-16-8-4-2-5-9-16/h2-11,18-20H,12-15H2,1H3. The van der Waals surface area contributed by atoms with E-state index in [1.807, 2.05) is 12.1 Å². The van der Waals surface area contributed by atoms with Crippen LogP contribution < -0.4 is 10.6 Å². The fraction of sp³-hybridized carbons (Fsp3) is 0.333. The third kappa shape index (κ3) is 6.08. The highest BCUT2D eigenvalue weighted by atomic mass is 16.5. The van der Waals surface area contributed by atoms with E-state index in [9.17, 15) is 0 Å². The molecule has 3 nitrogen and oxygen atoms in total. The molecule has 0 saturated carbocycles. The van der Waals surface area contributed by atoms with Crippen molar-refractivity contribution in [3.8, 4) is 0 Å². The maximum Gasteiger partial charge on any atom is 0.0628 e. The predicted molar refractivity (Wildman–Crippen MR) is 87.1 cm³/mol. The van der Waals surface area contributed by atoms with Gasteiger partial charge in [-0.1, -0.05) is 60.7 Å². The van der Waals surface area contributed by atoms with Gasteiger partial charge in [0.15, 0.2) is 0 Å². The molecule has 0 aliphatic rings. The molecular formula is C18H24N2O. The summed E-state index contributed by atoms with van der Waals surface area (Å²) >= 11 is 0. The molecule has 0 amide bonds. The van der Waals surface area contributed by atoms with Gasteiger partial charge in [0.1, 0.15) is 0 Å². The Morgan fingerprint density at radius 2 is 1.43 bits per heavy atom. The van der Waals surface area contributed by atoms with Crippen LogP contribution >= 0.6 is 0 Å². The van der Waals surface area contributed by atoms with Crippen LogP contribution in [0.25, 0.3) is 0 Å². The van der Waals surface area contributed by atoms with E-state index in [1.54, 1.807) is 7.11 Å². The molecule has 2 rings (SSSR count). The Balaban J connectivity index is 1.73. The molecule has 0 heterocycles. The summed E-state index contributed by atoms with van der Waals surface area (Å²) in [6, 6.07) is 21.2. The summed E-state index contributed by atoms with van der Waals surface area (Å²) in [6.45, 7) is 3.33. The van der Waals surface area contributed by atoms with Crippen LogP contribution in [-0.2, 0) is 17.8 Å². The van der Waals surface area contributed by atoms with Crippen molar-refractivity contribution < 1.29 is 4.74 Å². The molecule has 0 spiro atoms. The molecule has 2 N–H and O–H groups in total. The Bertz CT molecular complexity index is 487. The van der Waals surface area contributed by atoms with Crippen LogP contribution in [0.4, 0.5) is 0 Å². The fourth-order valence-electron chi connectivity index (χ4n) is 2.24. The fourth-order valence-corrected chi connectivity index (χ4v) is 2.24. The molecule has 3 heteroatoms. The lowest BCUT2D eigenvalue weighted by Crippen LogP contribution is -2.41. The Morgan fingerprint density at radius 3 is 2.00 bits per heavy atom. The molecule has 0 aliphatic carbocycles. The van der Waals surface area contributed by atoms with Crippen molar-refractivity contribution in [1.82, 2.24) is 10.6 Å². The molecule has 0 fully saturated rings. The first-order valence-electron chi connectivity index (χ1n) is 7.39. The lowest BCUT2D eigenvalue weighted by atomic mass is 10.2. The van der Waals surface area contributed by atoms with E-state index in [2.05, 4.69) is 59.2 Å². The summed E-state index contributed by atoms with van der Waals surface area (Å²) < 4.78 is 5.29. The number of ether oxygens (including phenoxy) is 1. The lowest BCUT2D eigenvalue weighted by molar-refractivity contribution is 0.164. The van der Waals surface area contributed by atoms with Gasteiger partial charge in [-0.25, -0.2) is 0 Å². The van der Waals surface area contributed by atoms with Crippen molar-refractivity contribution in [2.45, 2.75) is 19.1 Å². The zero-order chi connectivity index (χ0) is 14.8. The number of rotatable bonds is 9. The van der Waals surface area contributed by atoms with Crippen molar-refractivity contribution in [1.29, 1.82) is 0 Å². The van der Waals surface area contributed by atoms with E-state index in [4.69, 9.17) is 4.74 Å². The number of nitrogens with one attached hydrogen (secondary N) is 2. The minimum absolute atomic E-state index is 0.305. The molecule has 1 atom stereocenters. The first-order valence-corrected chi connectivity index (χ1v) is 7.39. The van der Waals surface area contributed by atoms with Crippen LogP contribution in [0.15, 0.2) is 60.7 Å². The maximum absolute atomic E-state index is 5.29. The lowest BCUT2D eigenvalue weighted by Gasteiger charge is -2.19. The van der Waals surface area contributed by atoms with Crippen molar-refractivity contribution in [3.05, 3.63) is 71.8 Å². The van der Waals surface area contributed by atoms with E-state index in [0.29, 0.717) is 12.6 Å². The molecule has 0 bridgehead atoms. The van der Waals surface area contributed by atoms with Gasteiger partial charge in [-0.05, 0) is 11.1 Å². The quantitative estimate of drug-likeness (QED) is 0.742. The summed E-state index contributed by atoms with van der Waals surface area (Å²) in [4.78, 5) is 0. The molecule has 0 aliphatic heterocycles. The number of hydrogen-bond acceptors (Lipinski definition) is 3. The summed E-state index contributed by atoms with van der Waals surface area (Å²) in [7, 11) is 1.74. The summed E-state index contributed by atoms with van der Waals surface area (Å²) in [5, 5.41) is 7.02. The Labute approximate surface area is 127 Å². The molecule has 112 valence electrons. The molecule has 21 heavy (non-hydrogen) atoms. The van der Waals surface area contributed by atoms with Gasteiger partial charge in [0.2, 0.25) is 0 Å². The van der Waals surface area contributed by atoms with Crippen molar-refractivity contribution in [3.63, 3.8) is 0 Å². The van der Waals surface area contributed by atoms with E-state index in [-0.39, 0.29) is 0 Å². The molecule has 0 aromatic heterocycles. The molecule has 2 aromatic rings. The SMILES string of the molecule is COCC(CNCc1ccccc1)NCc1ccccc1. The molecule has 0 saturated heterocycles. The van der Waals surface area contributed by atoms with Gasteiger partial charge < -0.3 is 15.4 Å². The van der Waals surface area contributed by atoms with Gasteiger partial charge in [-0.15, -0.1) is 0 Å². The zero-order valence-electron chi connectivity index (χ0n) is 12.6. The predicted octanol–water partition coefficient (Wildman–Crippen LogP) is 2.58. The number of hydrogen-bond donors (Lipinski definition) is 2. The van der Waals surface area contributed by atoms with Gasteiger partial charge >= 0.3 is 0 Å². The van der Waals surface area contributed by atoms with Crippen molar-refractivity contribution in [2.75, 3.05) is 20.3 Å². The molecule has 1 unspecified atom stereocenters. The van der Waals surface area contributed by atoms with Crippen LogP contribution in [0.5, 0.6) is 0 Å². The van der Waals surface area contributed by atoms with E-state index >= 15 is 0 Å². The summed E-state index contributed by atoms with van der Waals surface area (Å²) in [5.74, 6) is 0. The monoisotopic (exact) mass is 284 g/mol. The zero-order valence-corrected chi connectivity index (χ0v) is 12.6. The van der Waals surface area contributed by atoms with Crippen LogP contribution in [0.1, 0.15) is 11.1 Å². The first kappa shape index (κ1) is 15.7. The second-order valence-electron chi connectivity index (χ2n) is 5.14. The smallest absolute Gasteiger partial charge is 0.0628 e. The highest BCUT2D eigenvalue weighted by Gasteiger charge is 2.07. The van der Waals surface area contributed by atoms with E-state index in [0.717, 1.165) is 19.6 Å².